The summed E-state index contributed by atoms with van der Waals surface area (Å²) in [7, 11) is 0. The molecular weight excluding hydrogens is 273 g/mol. The van der Waals surface area contributed by atoms with Gasteiger partial charge in [0.2, 0.25) is 5.43 Å². The Morgan fingerprint density at radius 3 is 2.60 bits per heavy atom. The van der Waals surface area contributed by atoms with Crippen molar-refractivity contribution in [1.29, 1.82) is 0 Å². The highest BCUT2D eigenvalue weighted by molar-refractivity contribution is 5.57. The van der Waals surface area contributed by atoms with E-state index in [2.05, 4.69) is 15.6 Å². The van der Waals surface area contributed by atoms with Crippen molar-refractivity contribution in [2.24, 2.45) is 0 Å². The number of halogens is 3. The minimum atomic E-state index is -4.65. The number of rotatable bonds is 1. The molecule has 1 fully saturated rings. The summed E-state index contributed by atoms with van der Waals surface area (Å²) < 4.78 is 39.7. The standard InChI is InChI=1S/C12H13F3N4O/c13-12(14,15)8-1-2-9-10(11(8)20)17-18-19(9)7-3-5-16-6-4-7/h1-2,7,16,18H,3-6H2. The largest absolute Gasteiger partial charge is 0.420 e. The van der Waals surface area contributed by atoms with Crippen molar-refractivity contribution in [3.05, 3.63) is 27.9 Å². The number of fused-ring (bicyclic) bond motifs is 1. The lowest BCUT2D eigenvalue weighted by molar-refractivity contribution is -0.138. The van der Waals surface area contributed by atoms with Gasteiger partial charge in [-0.1, -0.05) is 0 Å². The fourth-order valence-corrected chi connectivity index (χ4v) is 2.59. The molecule has 2 N–H and O–H groups in total. The fraction of sp³-hybridized carbons (Fsp3) is 0.500. The Bertz CT molecular complexity index is 639. The second-order valence-electron chi connectivity index (χ2n) is 4.87. The van der Waals surface area contributed by atoms with Crippen molar-refractivity contribution >= 4 is 0 Å². The third-order valence-corrected chi connectivity index (χ3v) is 3.62. The molecule has 0 radical (unpaired) electrons. The summed E-state index contributed by atoms with van der Waals surface area (Å²) in [4.78, 5) is 11.8. The maximum absolute atomic E-state index is 12.7. The first kappa shape index (κ1) is 13.2. The summed E-state index contributed by atoms with van der Waals surface area (Å²) in [5.41, 5.74) is -1.97. The lowest BCUT2D eigenvalue weighted by Gasteiger charge is -2.24. The van der Waals surface area contributed by atoms with Crippen LogP contribution in [0.2, 0.25) is 0 Å². The number of benzene rings is 1. The Labute approximate surface area is 112 Å². The van der Waals surface area contributed by atoms with E-state index in [-0.39, 0.29) is 11.7 Å². The lowest BCUT2D eigenvalue weighted by atomic mass is 10.1. The van der Waals surface area contributed by atoms with Crippen LogP contribution in [-0.4, -0.2) is 28.1 Å². The van der Waals surface area contributed by atoms with E-state index < -0.39 is 17.2 Å². The van der Waals surface area contributed by atoms with E-state index in [1.165, 1.54) is 6.07 Å². The minimum Gasteiger partial charge on any atom is -0.317 e. The Hall–Kier alpha value is -1.83. The van der Waals surface area contributed by atoms with Gasteiger partial charge in [-0.25, -0.2) is 5.21 Å². The molecule has 2 aliphatic heterocycles. The zero-order valence-corrected chi connectivity index (χ0v) is 10.5. The van der Waals surface area contributed by atoms with Gasteiger partial charge in [-0.2, -0.15) is 18.3 Å². The quantitative estimate of drug-likeness (QED) is 0.837. The first-order valence-electron chi connectivity index (χ1n) is 6.36. The van der Waals surface area contributed by atoms with E-state index in [0.717, 1.165) is 32.0 Å². The Kier molecular flexibility index (Phi) is 3.04. The fourth-order valence-electron chi connectivity index (χ4n) is 2.59. The number of alkyl halides is 3. The van der Waals surface area contributed by atoms with Crippen LogP contribution in [0, 0.1) is 0 Å². The smallest absolute Gasteiger partial charge is 0.317 e. The highest BCUT2D eigenvalue weighted by Gasteiger charge is 2.36. The number of hydrogen-bond donors (Lipinski definition) is 2. The van der Waals surface area contributed by atoms with Gasteiger partial charge in [0.1, 0.15) is 5.56 Å². The summed E-state index contributed by atoms with van der Waals surface area (Å²) >= 11 is 0. The molecule has 0 aromatic carbocycles. The molecule has 0 spiro atoms. The molecule has 20 heavy (non-hydrogen) atoms. The van der Waals surface area contributed by atoms with Crippen LogP contribution in [0.1, 0.15) is 24.4 Å². The molecule has 0 amide bonds. The third-order valence-electron chi connectivity index (χ3n) is 3.62. The summed E-state index contributed by atoms with van der Waals surface area (Å²) in [5.74, 6) is 0. The number of H-pyrrole nitrogens is 1. The highest BCUT2D eigenvalue weighted by atomic mass is 19.4. The van der Waals surface area contributed by atoms with Gasteiger partial charge in [0.15, 0.2) is 5.69 Å². The SMILES string of the molecule is O=c1c(C(F)(F)F)ccc2n(C3CCNCC3)[nH]nc1-2. The van der Waals surface area contributed by atoms with E-state index in [9.17, 15) is 18.0 Å². The average Bonchev–Trinajstić information content (AvgIpc) is 2.83. The molecule has 0 aromatic rings. The molecule has 1 saturated heterocycles. The Morgan fingerprint density at radius 2 is 1.95 bits per heavy atom. The molecule has 1 aliphatic carbocycles. The number of hydrogen-bond acceptors (Lipinski definition) is 3. The van der Waals surface area contributed by atoms with Gasteiger partial charge in [-0.3, -0.25) is 9.48 Å². The van der Waals surface area contributed by atoms with Crippen molar-refractivity contribution in [3.8, 4) is 11.4 Å². The van der Waals surface area contributed by atoms with Gasteiger partial charge >= 0.3 is 6.18 Å². The van der Waals surface area contributed by atoms with E-state index in [1.807, 2.05) is 0 Å². The number of aromatic nitrogens is 3. The van der Waals surface area contributed by atoms with Gasteiger partial charge in [-0.05, 0) is 38.1 Å². The van der Waals surface area contributed by atoms with E-state index in [4.69, 9.17) is 0 Å². The Balaban J connectivity index is 2.06. The average molecular weight is 286 g/mol. The van der Waals surface area contributed by atoms with Crippen LogP contribution in [0.3, 0.4) is 0 Å². The second-order valence-corrected chi connectivity index (χ2v) is 4.87. The predicted octanol–water partition coefficient (Wildman–Crippen LogP) is 1.62. The van der Waals surface area contributed by atoms with Crippen LogP contribution in [-0.2, 0) is 6.18 Å². The summed E-state index contributed by atoms with van der Waals surface area (Å²) in [6.45, 7) is 1.67. The van der Waals surface area contributed by atoms with Gasteiger partial charge in [-0.15, -0.1) is 0 Å². The molecule has 0 saturated carbocycles. The van der Waals surface area contributed by atoms with Crippen LogP contribution in [0.25, 0.3) is 11.4 Å². The maximum Gasteiger partial charge on any atom is 0.420 e. The molecule has 0 bridgehead atoms. The maximum atomic E-state index is 12.7. The number of nitrogens with one attached hydrogen (secondary N) is 2. The van der Waals surface area contributed by atoms with E-state index in [1.54, 1.807) is 4.68 Å². The third kappa shape index (κ3) is 2.09. The molecular formula is C12H13F3N4O. The van der Waals surface area contributed by atoms with Crippen LogP contribution >= 0.6 is 0 Å². The molecule has 3 rings (SSSR count). The van der Waals surface area contributed by atoms with Crippen molar-refractivity contribution < 1.29 is 13.2 Å². The molecule has 0 aromatic heterocycles. The first-order chi connectivity index (χ1) is 9.48. The van der Waals surface area contributed by atoms with Crippen molar-refractivity contribution in [3.63, 3.8) is 0 Å². The molecule has 2 heterocycles. The van der Waals surface area contributed by atoms with E-state index >= 15 is 0 Å². The first-order valence-corrected chi connectivity index (χ1v) is 6.36. The zero-order valence-electron chi connectivity index (χ0n) is 10.5. The van der Waals surface area contributed by atoms with Crippen molar-refractivity contribution in [2.75, 3.05) is 13.1 Å². The Morgan fingerprint density at radius 1 is 1.25 bits per heavy atom. The normalized spacial score (nSPS) is 17.8. The summed E-state index contributed by atoms with van der Waals surface area (Å²) in [6, 6.07) is 2.26. The molecule has 8 heteroatoms. The summed E-state index contributed by atoms with van der Waals surface area (Å²) in [6.07, 6.45) is -2.96. The van der Waals surface area contributed by atoms with Crippen LogP contribution in [0.5, 0.6) is 0 Å². The van der Waals surface area contributed by atoms with Crippen LogP contribution in [0.4, 0.5) is 13.2 Å². The second kappa shape index (κ2) is 4.62. The van der Waals surface area contributed by atoms with Crippen molar-refractivity contribution in [1.82, 2.24) is 20.3 Å². The van der Waals surface area contributed by atoms with Gasteiger partial charge in [0, 0.05) is 0 Å². The molecule has 5 nitrogen and oxygen atoms in total. The van der Waals surface area contributed by atoms with Gasteiger partial charge in [0.25, 0.3) is 0 Å². The predicted molar refractivity (Wildman–Crippen MR) is 65.6 cm³/mol. The van der Waals surface area contributed by atoms with Crippen LogP contribution < -0.4 is 10.7 Å². The topological polar surface area (TPSA) is 62.7 Å². The molecule has 0 unspecified atom stereocenters. The van der Waals surface area contributed by atoms with Crippen molar-refractivity contribution in [2.45, 2.75) is 25.1 Å². The zero-order chi connectivity index (χ0) is 14.3. The van der Waals surface area contributed by atoms with Gasteiger partial charge in [0.05, 0.1) is 11.7 Å². The van der Waals surface area contributed by atoms with E-state index in [0.29, 0.717) is 5.69 Å². The monoisotopic (exact) mass is 286 g/mol. The molecule has 0 atom stereocenters. The number of nitrogens with zero attached hydrogens (tertiary/aromatic N) is 2. The number of piperidine rings is 1. The molecule has 3 aliphatic rings. The lowest BCUT2D eigenvalue weighted by Crippen LogP contribution is -2.30. The molecule has 108 valence electrons. The minimum absolute atomic E-state index is 0.123. The van der Waals surface area contributed by atoms with Gasteiger partial charge < -0.3 is 5.32 Å². The number of aromatic amines is 1. The summed E-state index contributed by atoms with van der Waals surface area (Å²) in [5, 5.41) is 9.65. The van der Waals surface area contributed by atoms with Crippen LogP contribution in [0.15, 0.2) is 16.9 Å². The highest BCUT2D eigenvalue weighted by Crippen LogP contribution is 2.30.